The first-order valence-electron chi connectivity index (χ1n) is 8.76. The van der Waals surface area contributed by atoms with Crippen molar-refractivity contribution < 1.29 is 13.2 Å². The highest BCUT2D eigenvalue weighted by Crippen LogP contribution is 2.35. The number of benzene rings is 2. The summed E-state index contributed by atoms with van der Waals surface area (Å²) < 4.78 is 34.0. The van der Waals surface area contributed by atoms with Gasteiger partial charge in [-0.05, 0) is 36.4 Å². The third-order valence-corrected chi connectivity index (χ3v) is 6.69. The van der Waals surface area contributed by atoms with Gasteiger partial charge in [-0.3, -0.25) is 0 Å². The fraction of sp³-hybridized carbons (Fsp3) is 0.278. The van der Waals surface area contributed by atoms with E-state index in [-0.39, 0.29) is 10.6 Å². The van der Waals surface area contributed by atoms with Crippen molar-refractivity contribution in [3.8, 4) is 11.5 Å². The minimum absolute atomic E-state index is 0.0327. The van der Waals surface area contributed by atoms with E-state index < -0.39 is 10.0 Å². The van der Waals surface area contributed by atoms with Crippen molar-refractivity contribution in [2.45, 2.75) is 4.90 Å². The third kappa shape index (κ3) is 5.12. The molecule has 156 valence electrons. The van der Waals surface area contributed by atoms with Crippen molar-refractivity contribution in [2.24, 2.45) is 10.9 Å². The van der Waals surface area contributed by atoms with Crippen LogP contribution in [-0.2, 0) is 10.0 Å². The first-order chi connectivity index (χ1) is 13.8. The molecule has 1 heterocycles. The fourth-order valence-corrected chi connectivity index (χ4v) is 4.99. The van der Waals surface area contributed by atoms with Gasteiger partial charge in [0.25, 0.3) is 0 Å². The highest BCUT2D eigenvalue weighted by atomic mass is 35.5. The van der Waals surface area contributed by atoms with E-state index in [9.17, 15) is 8.42 Å². The molecule has 2 aromatic carbocycles. The molecule has 0 unspecified atom stereocenters. The molecular formula is C18H21Cl2N5O3S. The molecule has 0 aromatic heterocycles. The van der Waals surface area contributed by atoms with Gasteiger partial charge in [-0.25, -0.2) is 8.42 Å². The molecule has 0 spiro atoms. The summed E-state index contributed by atoms with van der Waals surface area (Å²) in [6.45, 7) is 1.90. The van der Waals surface area contributed by atoms with E-state index in [4.69, 9.17) is 33.8 Å². The molecule has 0 radical (unpaired) electrons. The number of hydrogen-bond acceptors (Lipinski definition) is 6. The van der Waals surface area contributed by atoms with Crippen molar-refractivity contribution in [2.75, 3.05) is 38.1 Å². The summed E-state index contributed by atoms with van der Waals surface area (Å²) in [5.74, 6) is 5.72. The predicted molar refractivity (Wildman–Crippen MR) is 116 cm³/mol. The number of nitrogens with zero attached hydrogens (tertiary/aromatic N) is 3. The van der Waals surface area contributed by atoms with Gasteiger partial charge in [-0.2, -0.15) is 9.41 Å². The predicted octanol–water partition coefficient (Wildman–Crippen LogP) is 2.72. The van der Waals surface area contributed by atoms with Crippen LogP contribution < -0.4 is 20.8 Å². The van der Waals surface area contributed by atoms with Crippen LogP contribution in [0.5, 0.6) is 11.5 Å². The summed E-state index contributed by atoms with van der Waals surface area (Å²) in [4.78, 5) is 1.64. The summed E-state index contributed by atoms with van der Waals surface area (Å²) >= 11 is 12.1. The number of nitrogens with two attached hydrogens (primary N) is 1. The zero-order valence-electron chi connectivity index (χ0n) is 15.7. The van der Waals surface area contributed by atoms with Crippen LogP contribution >= 0.6 is 23.2 Å². The second-order valence-electron chi connectivity index (χ2n) is 6.37. The SMILES string of the molecule is CN(/C=N\N)c1ccc(Oc2cc(Cl)cc(Cl)c2)c(S(=O)(=O)N2CCNCC2)c1. The average molecular weight is 458 g/mol. The Morgan fingerprint density at radius 2 is 1.83 bits per heavy atom. The van der Waals surface area contributed by atoms with Crippen LogP contribution in [0.25, 0.3) is 0 Å². The molecule has 0 amide bonds. The number of hydrazone groups is 1. The minimum Gasteiger partial charge on any atom is -0.456 e. The van der Waals surface area contributed by atoms with Crippen molar-refractivity contribution in [3.05, 3.63) is 46.4 Å². The Morgan fingerprint density at radius 1 is 1.17 bits per heavy atom. The van der Waals surface area contributed by atoms with Crippen molar-refractivity contribution in [1.29, 1.82) is 0 Å². The largest absolute Gasteiger partial charge is 0.456 e. The van der Waals surface area contributed by atoms with E-state index in [1.165, 1.54) is 16.7 Å². The molecule has 2 aromatic rings. The molecule has 0 bridgehead atoms. The van der Waals surface area contributed by atoms with Crippen LogP contribution in [0.1, 0.15) is 0 Å². The average Bonchev–Trinajstić information content (AvgIpc) is 2.68. The van der Waals surface area contributed by atoms with Crippen LogP contribution in [-0.4, -0.2) is 52.3 Å². The van der Waals surface area contributed by atoms with Gasteiger partial charge >= 0.3 is 0 Å². The minimum atomic E-state index is -3.80. The lowest BCUT2D eigenvalue weighted by Crippen LogP contribution is -2.46. The number of piperazine rings is 1. The number of sulfonamides is 1. The second-order valence-corrected chi connectivity index (χ2v) is 9.15. The molecule has 3 rings (SSSR count). The summed E-state index contributed by atoms with van der Waals surface area (Å²) in [6.07, 6.45) is 1.38. The quantitative estimate of drug-likeness (QED) is 0.299. The normalized spacial score (nSPS) is 15.6. The molecule has 11 heteroatoms. The Kier molecular flexibility index (Phi) is 6.86. The molecular weight excluding hydrogens is 437 g/mol. The van der Waals surface area contributed by atoms with Gasteiger partial charge in [0.1, 0.15) is 22.7 Å². The maximum absolute atomic E-state index is 13.4. The van der Waals surface area contributed by atoms with E-state index in [1.54, 1.807) is 42.3 Å². The highest BCUT2D eigenvalue weighted by molar-refractivity contribution is 7.89. The Labute approximate surface area is 179 Å². The molecule has 3 N–H and O–H groups in total. The standard InChI is InChI=1S/C18H21Cl2N5O3S/c1-24(12-23-21)15-2-3-17(28-16-9-13(19)8-14(20)10-16)18(11-15)29(26,27)25-6-4-22-5-7-25/h2-3,8-12,22H,4-7,21H2,1H3/b23-12-. The van der Waals surface area contributed by atoms with Crippen LogP contribution in [0, 0.1) is 0 Å². The van der Waals surface area contributed by atoms with Crippen LogP contribution in [0.15, 0.2) is 46.4 Å². The topological polar surface area (TPSA) is 100 Å². The lowest BCUT2D eigenvalue weighted by molar-refractivity contribution is 0.358. The van der Waals surface area contributed by atoms with E-state index in [2.05, 4.69) is 10.4 Å². The van der Waals surface area contributed by atoms with Gasteiger partial charge in [0.15, 0.2) is 0 Å². The molecule has 1 aliphatic rings. The summed E-state index contributed by atoms with van der Waals surface area (Å²) in [7, 11) is -2.09. The van der Waals surface area contributed by atoms with E-state index in [0.29, 0.717) is 47.7 Å². The number of ether oxygens (including phenoxy) is 1. The first-order valence-corrected chi connectivity index (χ1v) is 11.0. The Hall–Kier alpha value is -2.04. The van der Waals surface area contributed by atoms with Crippen LogP contribution in [0.4, 0.5) is 5.69 Å². The van der Waals surface area contributed by atoms with E-state index in [0.717, 1.165) is 0 Å². The molecule has 0 saturated carbocycles. The first kappa shape index (κ1) is 21.7. The maximum atomic E-state index is 13.4. The van der Waals surface area contributed by atoms with E-state index >= 15 is 0 Å². The van der Waals surface area contributed by atoms with Gasteiger partial charge in [-0.1, -0.05) is 23.2 Å². The molecule has 1 saturated heterocycles. The Morgan fingerprint density at radius 3 is 2.45 bits per heavy atom. The zero-order valence-corrected chi connectivity index (χ0v) is 18.0. The maximum Gasteiger partial charge on any atom is 0.246 e. The van der Waals surface area contributed by atoms with Gasteiger partial charge in [0, 0.05) is 49.0 Å². The Bertz CT molecular complexity index is 990. The lowest BCUT2D eigenvalue weighted by atomic mass is 10.3. The zero-order chi connectivity index (χ0) is 21.0. The van der Waals surface area contributed by atoms with Crippen molar-refractivity contribution in [3.63, 3.8) is 0 Å². The number of anilines is 1. The van der Waals surface area contributed by atoms with Gasteiger partial charge in [0.2, 0.25) is 10.0 Å². The summed E-state index contributed by atoms with van der Waals surface area (Å²) in [5, 5.41) is 7.39. The molecule has 8 nitrogen and oxygen atoms in total. The van der Waals surface area contributed by atoms with Crippen LogP contribution in [0.3, 0.4) is 0 Å². The summed E-state index contributed by atoms with van der Waals surface area (Å²) in [6, 6.07) is 9.52. The Balaban J connectivity index is 2.07. The second kappa shape index (κ2) is 9.19. The van der Waals surface area contributed by atoms with Gasteiger partial charge < -0.3 is 20.8 Å². The smallest absolute Gasteiger partial charge is 0.246 e. The van der Waals surface area contributed by atoms with Gasteiger partial charge in [-0.15, -0.1) is 0 Å². The number of rotatable bonds is 6. The van der Waals surface area contributed by atoms with Crippen molar-refractivity contribution in [1.82, 2.24) is 9.62 Å². The monoisotopic (exact) mass is 457 g/mol. The van der Waals surface area contributed by atoms with Crippen molar-refractivity contribution >= 4 is 45.3 Å². The number of hydrogen-bond donors (Lipinski definition) is 2. The third-order valence-electron chi connectivity index (χ3n) is 4.33. The molecule has 29 heavy (non-hydrogen) atoms. The molecule has 0 aliphatic carbocycles. The molecule has 1 fully saturated rings. The van der Waals surface area contributed by atoms with E-state index in [1.807, 2.05) is 0 Å². The van der Waals surface area contributed by atoms with Gasteiger partial charge in [0.05, 0.1) is 0 Å². The highest BCUT2D eigenvalue weighted by Gasteiger charge is 2.30. The number of nitrogens with one attached hydrogen (secondary N) is 1. The number of halogens is 2. The summed E-state index contributed by atoms with van der Waals surface area (Å²) in [5.41, 5.74) is 0.587. The lowest BCUT2D eigenvalue weighted by Gasteiger charge is -2.28. The molecule has 0 atom stereocenters. The fourth-order valence-electron chi connectivity index (χ4n) is 2.91. The molecule has 1 aliphatic heterocycles. The van der Waals surface area contributed by atoms with Crippen LogP contribution in [0.2, 0.25) is 10.0 Å².